The molecule has 0 unspecified atom stereocenters. The van der Waals surface area contributed by atoms with E-state index < -0.39 is 0 Å². The molecule has 4 nitrogen and oxygen atoms in total. The van der Waals surface area contributed by atoms with E-state index in [-0.39, 0.29) is 5.91 Å². The minimum Gasteiger partial charge on any atom is -0.488 e. The number of hydrogen-bond donors (Lipinski definition) is 1. The van der Waals surface area contributed by atoms with Crippen LogP contribution >= 0.6 is 11.6 Å². The van der Waals surface area contributed by atoms with Gasteiger partial charge in [0.2, 0.25) is 5.91 Å². The van der Waals surface area contributed by atoms with Crippen molar-refractivity contribution in [3.63, 3.8) is 0 Å². The van der Waals surface area contributed by atoms with Gasteiger partial charge in [-0.1, -0.05) is 30.3 Å². The van der Waals surface area contributed by atoms with Crippen molar-refractivity contribution in [3.05, 3.63) is 41.4 Å². The summed E-state index contributed by atoms with van der Waals surface area (Å²) in [5.41, 5.74) is 1.07. The van der Waals surface area contributed by atoms with Gasteiger partial charge >= 0.3 is 0 Å². The normalized spacial score (nSPS) is 15.9. The first kappa shape index (κ1) is 13.9. The molecule has 0 bridgehead atoms. The third-order valence-corrected chi connectivity index (χ3v) is 3.17. The number of benzene rings is 1. The quantitative estimate of drug-likeness (QED) is 0.837. The van der Waals surface area contributed by atoms with Crippen LogP contribution in [0.3, 0.4) is 0 Å². The third-order valence-electron chi connectivity index (χ3n) is 2.88. The number of piperazine rings is 1. The summed E-state index contributed by atoms with van der Waals surface area (Å²) >= 11 is 6.15. The second-order valence-corrected chi connectivity index (χ2v) is 4.83. The van der Waals surface area contributed by atoms with Crippen LogP contribution < -0.4 is 10.1 Å². The summed E-state index contributed by atoms with van der Waals surface area (Å²) in [6.07, 6.45) is 1.68. The van der Waals surface area contributed by atoms with Crippen LogP contribution in [0.2, 0.25) is 5.02 Å². The van der Waals surface area contributed by atoms with Crippen molar-refractivity contribution >= 4 is 17.5 Å². The highest BCUT2D eigenvalue weighted by molar-refractivity contribution is 6.32. The van der Waals surface area contributed by atoms with Gasteiger partial charge < -0.3 is 10.1 Å². The summed E-state index contributed by atoms with van der Waals surface area (Å²) in [6.45, 7) is 6.75. The van der Waals surface area contributed by atoms with Crippen molar-refractivity contribution in [2.45, 2.75) is 6.54 Å². The maximum Gasteiger partial charge on any atom is 0.234 e. The van der Waals surface area contributed by atoms with E-state index in [0.29, 0.717) is 30.5 Å². The molecule has 0 spiro atoms. The summed E-state index contributed by atoms with van der Waals surface area (Å²) in [5, 5.41) is 3.39. The lowest BCUT2D eigenvalue weighted by molar-refractivity contribution is -0.124. The molecule has 1 heterocycles. The number of ether oxygens (including phenoxy) is 1. The Hall–Kier alpha value is -1.52. The van der Waals surface area contributed by atoms with Crippen molar-refractivity contribution in [2.24, 2.45) is 0 Å². The summed E-state index contributed by atoms with van der Waals surface area (Å²) in [5.74, 6) is 0.727. The Labute approximate surface area is 118 Å². The number of rotatable bonds is 5. The molecule has 1 aromatic carbocycles. The SMILES string of the molecule is C=CCOc1ccc(CN2CCNC(=O)C2)cc1Cl. The van der Waals surface area contributed by atoms with Gasteiger partial charge in [0.1, 0.15) is 12.4 Å². The number of nitrogens with one attached hydrogen (secondary N) is 1. The Balaban J connectivity index is 1.99. The van der Waals surface area contributed by atoms with Crippen LogP contribution in [0, 0.1) is 0 Å². The topological polar surface area (TPSA) is 41.6 Å². The smallest absolute Gasteiger partial charge is 0.234 e. The van der Waals surface area contributed by atoms with Gasteiger partial charge in [-0.05, 0) is 17.7 Å². The largest absolute Gasteiger partial charge is 0.488 e. The zero-order valence-corrected chi connectivity index (χ0v) is 11.4. The summed E-state index contributed by atoms with van der Waals surface area (Å²) in [6, 6.07) is 5.70. The number of carbonyl (C=O) groups is 1. The molecule has 0 atom stereocenters. The fourth-order valence-electron chi connectivity index (χ4n) is 1.99. The van der Waals surface area contributed by atoms with Gasteiger partial charge in [0, 0.05) is 19.6 Å². The van der Waals surface area contributed by atoms with Gasteiger partial charge in [-0.25, -0.2) is 0 Å². The van der Waals surface area contributed by atoms with Crippen molar-refractivity contribution in [1.82, 2.24) is 10.2 Å². The van der Waals surface area contributed by atoms with Gasteiger partial charge in [-0.2, -0.15) is 0 Å². The van der Waals surface area contributed by atoms with Gasteiger partial charge in [-0.3, -0.25) is 9.69 Å². The lowest BCUT2D eigenvalue weighted by atomic mass is 10.2. The molecule has 19 heavy (non-hydrogen) atoms. The van der Waals surface area contributed by atoms with Crippen molar-refractivity contribution in [1.29, 1.82) is 0 Å². The van der Waals surface area contributed by atoms with Crippen LogP contribution in [0.15, 0.2) is 30.9 Å². The maximum atomic E-state index is 11.3. The molecule has 1 saturated heterocycles. The summed E-state index contributed by atoms with van der Waals surface area (Å²) < 4.78 is 5.42. The highest BCUT2D eigenvalue weighted by atomic mass is 35.5. The first-order valence-corrected chi connectivity index (χ1v) is 6.58. The first-order chi connectivity index (χ1) is 9.19. The molecule has 1 aromatic rings. The Morgan fingerprint density at radius 1 is 1.53 bits per heavy atom. The molecule has 1 fully saturated rings. The molecule has 5 heteroatoms. The summed E-state index contributed by atoms with van der Waals surface area (Å²) in [4.78, 5) is 13.4. The standard InChI is InChI=1S/C14H17ClN2O2/c1-2-7-19-13-4-3-11(8-12(13)15)9-17-6-5-16-14(18)10-17/h2-4,8H,1,5-7,9-10H2,(H,16,18). The average Bonchev–Trinajstić information content (AvgIpc) is 2.38. The first-order valence-electron chi connectivity index (χ1n) is 6.20. The summed E-state index contributed by atoms with van der Waals surface area (Å²) in [7, 11) is 0. The Kier molecular flexibility index (Phi) is 4.82. The number of amides is 1. The predicted octanol–water partition coefficient (Wildman–Crippen LogP) is 1.84. The Morgan fingerprint density at radius 3 is 3.05 bits per heavy atom. The van der Waals surface area contributed by atoms with Crippen LogP contribution in [0.1, 0.15) is 5.56 Å². The molecule has 1 N–H and O–H groups in total. The van der Waals surface area contributed by atoms with Crippen LogP contribution in [0.4, 0.5) is 0 Å². The van der Waals surface area contributed by atoms with E-state index in [0.717, 1.165) is 18.7 Å². The highest BCUT2D eigenvalue weighted by Gasteiger charge is 2.16. The van der Waals surface area contributed by atoms with Gasteiger partial charge in [-0.15, -0.1) is 0 Å². The van der Waals surface area contributed by atoms with Gasteiger partial charge in [0.15, 0.2) is 0 Å². The molecule has 0 aromatic heterocycles. The van der Waals surface area contributed by atoms with E-state index in [1.54, 1.807) is 6.08 Å². The van der Waals surface area contributed by atoms with Crippen molar-refractivity contribution < 1.29 is 9.53 Å². The number of nitrogens with zero attached hydrogens (tertiary/aromatic N) is 1. The van der Waals surface area contributed by atoms with E-state index in [9.17, 15) is 4.79 Å². The van der Waals surface area contributed by atoms with E-state index in [1.807, 2.05) is 18.2 Å². The van der Waals surface area contributed by atoms with E-state index >= 15 is 0 Å². The number of halogens is 1. The molecule has 2 rings (SSSR count). The number of hydrogen-bond acceptors (Lipinski definition) is 3. The van der Waals surface area contributed by atoms with Gasteiger partial charge in [0.05, 0.1) is 11.6 Å². The molecule has 102 valence electrons. The Morgan fingerprint density at radius 2 is 2.37 bits per heavy atom. The zero-order valence-electron chi connectivity index (χ0n) is 10.7. The van der Waals surface area contributed by atoms with Crippen molar-refractivity contribution in [3.8, 4) is 5.75 Å². The minimum atomic E-state index is 0.0725. The Bertz CT molecular complexity index is 477. The van der Waals surface area contributed by atoms with Crippen molar-refractivity contribution in [2.75, 3.05) is 26.2 Å². The lowest BCUT2D eigenvalue weighted by Crippen LogP contribution is -2.47. The highest BCUT2D eigenvalue weighted by Crippen LogP contribution is 2.26. The third kappa shape index (κ3) is 3.98. The van der Waals surface area contributed by atoms with Crippen LogP contribution in [0.25, 0.3) is 0 Å². The maximum absolute atomic E-state index is 11.3. The lowest BCUT2D eigenvalue weighted by Gasteiger charge is -2.26. The van der Waals surface area contributed by atoms with Crippen LogP contribution in [-0.2, 0) is 11.3 Å². The molecule has 0 saturated carbocycles. The van der Waals surface area contributed by atoms with Gasteiger partial charge in [0.25, 0.3) is 0 Å². The fourth-order valence-corrected chi connectivity index (χ4v) is 2.25. The second kappa shape index (κ2) is 6.59. The molecule has 0 radical (unpaired) electrons. The molecule has 1 aliphatic rings. The average molecular weight is 281 g/mol. The molecular weight excluding hydrogens is 264 g/mol. The van der Waals surface area contributed by atoms with E-state index in [1.165, 1.54) is 0 Å². The fraction of sp³-hybridized carbons (Fsp3) is 0.357. The monoisotopic (exact) mass is 280 g/mol. The minimum absolute atomic E-state index is 0.0725. The molecule has 1 amide bonds. The van der Waals surface area contributed by atoms with Crippen LogP contribution in [0.5, 0.6) is 5.75 Å². The molecule has 1 aliphatic heterocycles. The zero-order chi connectivity index (χ0) is 13.7. The number of carbonyl (C=O) groups excluding carboxylic acids is 1. The predicted molar refractivity (Wildman–Crippen MR) is 75.4 cm³/mol. The second-order valence-electron chi connectivity index (χ2n) is 4.43. The van der Waals surface area contributed by atoms with Crippen LogP contribution in [-0.4, -0.2) is 37.0 Å². The molecule has 0 aliphatic carbocycles. The van der Waals surface area contributed by atoms with E-state index in [2.05, 4.69) is 16.8 Å². The van der Waals surface area contributed by atoms with E-state index in [4.69, 9.17) is 16.3 Å². The molecular formula is C14H17ClN2O2.